The molecule has 0 aromatic rings. The van der Waals surface area contributed by atoms with Crippen molar-refractivity contribution in [3.63, 3.8) is 0 Å². The molecular weight excluding hydrogens is 316 g/mol. The molecule has 0 radical (unpaired) electrons. The zero-order valence-electron chi connectivity index (χ0n) is 14.0. The minimum absolute atomic E-state index is 0.344. The van der Waals surface area contributed by atoms with Gasteiger partial charge in [0.2, 0.25) is 11.8 Å². The van der Waals surface area contributed by atoms with Crippen molar-refractivity contribution in [2.75, 3.05) is 13.1 Å². The van der Waals surface area contributed by atoms with E-state index in [2.05, 4.69) is 5.32 Å². The fraction of sp³-hybridized carbons (Fsp3) is 0.800. The van der Waals surface area contributed by atoms with E-state index in [1.165, 1.54) is 11.8 Å². The lowest BCUT2D eigenvalue weighted by Gasteiger charge is -2.28. The molecule has 1 aliphatic heterocycles. The van der Waals surface area contributed by atoms with E-state index in [1.807, 2.05) is 0 Å². The molecule has 1 fully saturated rings. The van der Waals surface area contributed by atoms with Gasteiger partial charge < -0.3 is 31.9 Å². The van der Waals surface area contributed by atoms with E-state index >= 15 is 0 Å². The number of nitrogens with two attached hydrogens (primary N) is 2. The molecule has 0 saturated carbocycles. The Labute approximate surface area is 141 Å². The standard InChI is InChI=1S/C15H28N4O5/c1-9(20)12(17)13(21)18-10(5-2-3-7-16)14(22)19-8-4-6-11(19)15(23)24/h9-12,20H,2-8,16-17H2,1H3,(H,18,21)(H,23,24)/t9-,10+,11-,12-/m0/s1. The van der Waals surface area contributed by atoms with Gasteiger partial charge in [0.15, 0.2) is 0 Å². The Hall–Kier alpha value is -1.71. The summed E-state index contributed by atoms with van der Waals surface area (Å²) in [6.07, 6.45) is 1.60. The van der Waals surface area contributed by atoms with Crippen LogP contribution in [0, 0.1) is 0 Å². The highest BCUT2D eigenvalue weighted by atomic mass is 16.4. The number of carbonyl (C=O) groups is 3. The van der Waals surface area contributed by atoms with Crippen LogP contribution in [0.5, 0.6) is 0 Å². The summed E-state index contributed by atoms with van der Waals surface area (Å²) < 4.78 is 0. The number of nitrogens with one attached hydrogen (secondary N) is 1. The fourth-order valence-corrected chi connectivity index (χ4v) is 2.72. The van der Waals surface area contributed by atoms with Crippen molar-refractivity contribution in [3.8, 4) is 0 Å². The van der Waals surface area contributed by atoms with E-state index < -0.39 is 42.0 Å². The summed E-state index contributed by atoms with van der Waals surface area (Å²) in [5.41, 5.74) is 11.0. The van der Waals surface area contributed by atoms with Crippen molar-refractivity contribution >= 4 is 17.8 Å². The van der Waals surface area contributed by atoms with Crippen LogP contribution < -0.4 is 16.8 Å². The summed E-state index contributed by atoms with van der Waals surface area (Å²) in [6.45, 7) is 2.20. The smallest absolute Gasteiger partial charge is 0.326 e. The highest BCUT2D eigenvalue weighted by Gasteiger charge is 2.37. The van der Waals surface area contributed by atoms with Gasteiger partial charge in [0.25, 0.3) is 0 Å². The number of nitrogens with zero attached hydrogens (tertiary/aromatic N) is 1. The third-order valence-corrected chi connectivity index (χ3v) is 4.20. The molecule has 24 heavy (non-hydrogen) atoms. The van der Waals surface area contributed by atoms with Crippen molar-refractivity contribution in [1.82, 2.24) is 10.2 Å². The zero-order chi connectivity index (χ0) is 18.3. The van der Waals surface area contributed by atoms with Crippen molar-refractivity contribution in [3.05, 3.63) is 0 Å². The summed E-state index contributed by atoms with van der Waals surface area (Å²) in [6, 6.07) is -2.88. The number of aliphatic carboxylic acids is 1. The Balaban J connectivity index is 2.81. The van der Waals surface area contributed by atoms with Crippen molar-refractivity contribution in [2.24, 2.45) is 11.5 Å². The van der Waals surface area contributed by atoms with Gasteiger partial charge in [-0.3, -0.25) is 9.59 Å². The molecule has 1 saturated heterocycles. The van der Waals surface area contributed by atoms with Crippen LogP contribution >= 0.6 is 0 Å². The highest BCUT2D eigenvalue weighted by Crippen LogP contribution is 2.19. The minimum atomic E-state index is -1.15. The predicted molar refractivity (Wildman–Crippen MR) is 86.9 cm³/mol. The van der Waals surface area contributed by atoms with Gasteiger partial charge in [-0.1, -0.05) is 0 Å². The molecule has 9 heteroatoms. The first-order valence-corrected chi connectivity index (χ1v) is 8.27. The molecule has 2 amide bonds. The summed E-state index contributed by atoms with van der Waals surface area (Å²) in [5, 5.41) is 21.2. The average Bonchev–Trinajstić information content (AvgIpc) is 3.02. The number of unbranched alkanes of at least 4 members (excludes halogenated alkanes) is 1. The molecule has 7 N–H and O–H groups in total. The van der Waals surface area contributed by atoms with Crippen molar-refractivity contribution < 1.29 is 24.6 Å². The molecule has 0 aromatic heterocycles. The molecule has 1 aliphatic rings. The van der Waals surface area contributed by atoms with Gasteiger partial charge in [-0.25, -0.2) is 4.79 Å². The predicted octanol–water partition coefficient (Wildman–Crippen LogP) is -1.62. The second kappa shape index (κ2) is 9.55. The van der Waals surface area contributed by atoms with Gasteiger partial charge in [-0.05, 0) is 45.6 Å². The van der Waals surface area contributed by atoms with Gasteiger partial charge in [0, 0.05) is 6.54 Å². The Kier molecular flexibility index (Phi) is 8.09. The number of aliphatic hydroxyl groups is 1. The molecule has 9 nitrogen and oxygen atoms in total. The monoisotopic (exact) mass is 344 g/mol. The van der Waals surface area contributed by atoms with E-state index in [-0.39, 0.29) is 0 Å². The van der Waals surface area contributed by atoms with Crippen molar-refractivity contribution in [2.45, 2.75) is 63.3 Å². The van der Waals surface area contributed by atoms with E-state index in [1.54, 1.807) is 0 Å². The minimum Gasteiger partial charge on any atom is -0.480 e. The second-order valence-electron chi connectivity index (χ2n) is 6.14. The van der Waals surface area contributed by atoms with Gasteiger partial charge in [0.1, 0.15) is 18.1 Å². The number of carboxylic acid groups (broad SMARTS) is 1. The number of hydrogen-bond donors (Lipinski definition) is 5. The van der Waals surface area contributed by atoms with Crippen LogP contribution in [-0.2, 0) is 14.4 Å². The maximum Gasteiger partial charge on any atom is 0.326 e. The van der Waals surface area contributed by atoms with Crippen molar-refractivity contribution in [1.29, 1.82) is 0 Å². The van der Waals surface area contributed by atoms with E-state index in [4.69, 9.17) is 11.5 Å². The maximum atomic E-state index is 12.7. The van der Waals surface area contributed by atoms with E-state index in [0.29, 0.717) is 45.2 Å². The Morgan fingerprint density at radius 1 is 1.33 bits per heavy atom. The van der Waals surface area contributed by atoms with Gasteiger partial charge in [-0.15, -0.1) is 0 Å². The fourth-order valence-electron chi connectivity index (χ4n) is 2.72. The highest BCUT2D eigenvalue weighted by molar-refractivity contribution is 5.92. The maximum absolute atomic E-state index is 12.7. The first-order chi connectivity index (χ1) is 11.3. The third kappa shape index (κ3) is 5.43. The van der Waals surface area contributed by atoms with Gasteiger partial charge in [0.05, 0.1) is 6.10 Å². The lowest BCUT2D eigenvalue weighted by Crippen LogP contribution is -2.56. The number of rotatable bonds is 9. The number of amides is 2. The van der Waals surface area contributed by atoms with Crippen LogP contribution in [0.2, 0.25) is 0 Å². The van der Waals surface area contributed by atoms with Gasteiger partial charge in [-0.2, -0.15) is 0 Å². The van der Waals surface area contributed by atoms with Crippen LogP contribution in [0.3, 0.4) is 0 Å². The number of carbonyl (C=O) groups excluding carboxylic acids is 2. The molecule has 1 rings (SSSR count). The summed E-state index contributed by atoms with van der Waals surface area (Å²) in [5.74, 6) is -2.11. The quantitative estimate of drug-likeness (QED) is 0.314. The molecular formula is C15H28N4O5. The molecule has 0 bridgehead atoms. The number of likely N-dealkylation sites (tertiary alicyclic amines) is 1. The lowest BCUT2D eigenvalue weighted by molar-refractivity contribution is -0.149. The Morgan fingerprint density at radius 2 is 2.00 bits per heavy atom. The third-order valence-electron chi connectivity index (χ3n) is 4.20. The molecule has 0 aromatic carbocycles. The normalized spacial score (nSPS) is 21.2. The lowest BCUT2D eigenvalue weighted by atomic mass is 10.1. The molecule has 0 unspecified atom stereocenters. The molecule has 4 atom stereocenters. The van der Waals surface area contributed by atoms with E-state index in [0.717, 1.165) is 0 Å². The molecule has 1 heterocycles. The number of carboxylic acids is 1. The number of hydrogen-bond acceptors (Lipinski definition) is 6. The SMILES string of the molecule is C[C@H](O)[C@H](N)C(=O)N[C@H](CCCCN)C(=O)N1CCC[C@H]1C(=O)O. The van der Waals surface area contributed by atoms with Crippen LogP contribution in [-0.4, -0.2) is 70.2 Å². The summed E-state index contributed by atoms with van der Waals surface area (Å²) in [7, 11) is 0. The topological polar surface area (TPSA) is 159 Å². The van der Waals surface area contributed by atoms with Crippen LogP contribution in [0.1, 0.15) is 39.0 Å². The zero-order valence-corrected chi connectivity index (χ0v) is 14.0. The first-order valence-electron chi connectivity index (χ1n) is 8.27. The molecule has 0 spiro atoms. The summed E-state index contributed by atoms with van der Waals surface area (Å²) in [4.78, 5) is 37.3. The Morgan fingerprint density at radius 3 is 2.54 bits per heavy atom. The van der Waals surface area contributed by atoms with E-state index in [9.17, 15) is 24.6 Å². The van der Waals surface area contributed by atoms with Crippen LogP contribution in [0.25, 0.3) is 0 Å². The molecule has 0 aliphatic carbocycles. The largest absolute Gasteiger partial charge is 0.480 e. The number of aliphatic hydroxyl groups excluding tert-OH is 1. The van der Waals surface area contributed by atoms with Crippen LogP contribution in [0.15, 0.2) is 0 Å². The summed E-state index contributed by atoms with van der Waals surface area (Å²) >= 11 is 0. The molecule has 138 valence electrons. The van der Waals surface area contributed by atoms with Gasteiger partial charge >= 0.3 is 5.97 Å². The Bertz CT molecular complexity index is 457. The average molecular weight is 344 g/mol. The second-order valence-corrected chi connectivity index (χ2v) is 6.14. The first kappa shape index (κ1) is 20.3. The van der Waals surface area contributed by atoms with Crippen LogP contribution in [0.4, 0.5) is 0 Å².